The molecule has 1 amide bonds. The molecule has 0 bridgehead atoms. The number of aromatic nitrogens is 3. The maximum Gasteiger partial charge on any atom is 0.263 e. The molecule has 1 aromatic carbocycles. The van der Waals surface area contributed by atoms with Gasteiger partial charge in [0.2, 0.25) is 5.88 Å². The standard InChI is InChI=1S/C17H17N5O2/c1-21(17(23)14-11-20-22(2)16(14)18)12-6-8-13(9-7-12)24-15-5-3-4-10-19-15/h3-11H,18H2,1-2H3. The van der Waals surface area contributed by atoms with Gasteiger partial charge in [-0.15, -0.1) is 0 Å². The van der Waals surface area contributed by atoms with Crippen molar-refractivity contribution in [3.05, 3.63) is 60.4 Å². The molecule has 2 N–H and O–H groups in total. The molecule has 0 atom stereocenters. The molecule has 24 heavy (non-hydrogen) atoms. The first kappa shape index (κ1) is 15.5. The van der Waals surface area contributed by atoms with Crippen molar-refractivity contribution < 1.29 is 9.53 Å². The lowest BCUT2D eigenvalue weighted by Crippen LogP contribution is -2.26. The van der Waals surface area contributed by atoms with E-state index in [0.29, 0.717) is 23.0 Å². The van der Waals surface area contributed by atoms with Gasteiger partial charge in [-0.2, -0.15) is 5.10 Å². The summed E-state index contributed by atoms with van der Waals surface area (Å²) in [5.41, 5.74) is 6.94. The van der Waals surface area contributed by atoms with Gasteiger partial charge in [-0.1, -0.05) is 6.07 Å². The van der Waals surface area contributed by atoms with E-state index in [2.05, 4.69) is 10.1 Å². The highest BCUT2D eigenvalue weighted by Crippen LogP contribution is 2.24. The first-order valence-electron chi connectivity index (χ1n) is 7.31. The van der Waals surface area contributed by atoms with E-state index in [9.17, 15) is 4.79 Å². The van der Waals surface area contributed by atoms with Crippen LogP contribution < -0.4 is 15.4 Å². The zero-order valence-corrected chi connectivity index (χ0v) is 13.4. The predicted octanol–water partition coefficient (Wildman–Crippen LogP) is 2.47. The molecule has 0 unspecified atom stereocenters. The molecule has 122 valence electrons. The average molecular weight is 323 g/mol. The third-order valence-corrected chi connectivity index (χ3v) is 3.60. The van der Waals surface area contributed by atoms with Crippen LogP contribution in [-0.2, 0) is 7.05 Å². The van der Waals surface area contributed by atoms with Crippen LogP contribution in [0.2, 0.25) is 0 Å². The van der Waals surface area contributed by atoms with Gasteiger partial charge in [0, 0.05) is 32.0 Å². The molecular formula is C17H17N5O2. The van der Waals surface area contributed by atoms with Crippen molar-refractivity contribution in [3.63, 3.8) is 0 Å². The van der Waals surface area contributed by atoms with Crippen molar-refractivity contribution >= 4 is 17.4 Å². The van der Waals surface area contributed by atoms with E-state index in [1.807, 2.05) is 12.1 Å². The molecule has 0 fully saturated rings. The fourth-order valence-corrected chi connectivity index (χ4v) is 2.18. The number of nitrogens with zero attached hydrogens (tertiary/aromatic N) is 4. The molecule has 0 radical (unpaired) electrons. The summed E-state index contributed by atoms with van der Waals surface area (Å²) in [5, 5.41) is 3.99. The lowest BCUT2D eigenvalue weighted by Gasteiger charge is -2.17. The van der Waals surface area contributed by atoms with Crippen molar-refractivity contribution in [1.82, 2.24) is 14.8 Å². The molecule has 0 aliphatic rings. The summed E-state index contributed by atoms with van der Waals surface area (Å²) in [4.78, 5) is 18.1. The monoisotopic (exact) mass is 323 g/mol. The highest BCUT2D eigenvalue weighted by Gasteiger charge is 2.19. The van der Waals surface area contributed by atoms with Crippen LogP contribution in [0.25, 0.3) is 0 Å². The van der Waals surface area contributed by atoms with E-state index in [1.165, 1.54) is 15.8 Å². The second kappa shape index (κ2) is 6.41. The number of benzene rings is 1. The van der Waals surface area contributed by atoms with E-state index in [4.69, 9.17) is 10.5 Å². The molecule has 0 aliphatic carbocycles. The molecule has 2 heterocycles. The number of ether oxygens (including phenoxy) is 1. The summed E-state index contributed by atoms with van der Waals surface area (Å²) in [6, 6.07) is 12.6. The normalized spacial score (nSPS) is 10.4. The van der Waals surface area contributed by atoms with Crippen LogP contribution in [0.5, 0.6) is 11.6 Å². The summed E-state index contributed by atoms with van der Waals surface area (Å²) in [7, 11) is 3.37. The number of carbonyl (C=O) groups is 1. The van der Waals surface area contributed by atoms with Gasteiger partial charge >= 0.3 is 0 Å². The maximum absolute atomic E-state index is 12.5. The largest absolute Gasteiger partial charge is 0.439 e. The molecule has 3 rings (SSSR count). The second-order valence-electron chi connectivity index (χ2n) is 5.20. The fourth-order valence-electron chi connectivity index (χ4n) is 2.18. The van der Waals surface area contributed by atoms with Crippen LogP contribution in [0.3, 0.4) is 0 Å². The number of carbonyl (C=O) groups excluding carboxylic acids is 1. The van der Waals surface area contributed by atoms with E-state index in [0.717, 1.165) is 5.69 Å². The Morgan fingerprint density at radius 3 is 2.54 bits per heavy atom. The number of anilines is 2. The molecule has 3 aromatic rings. The minimum atomic E-state index is -0.223. The Balaban J connectivity index is 1.75. The summed E-state index contributed by atoms with van der Waals surface area (Å²) in [6.07, 6.45) is 3.13. The number of hydrogen-bond acceptors (Lipinski definition) is 5. The van der Waals surface area contributed by atoms with E-state index in [-0.39, 0.29) is 5.91 Å². The fraction of sp³-hybridized carbons (Fsp3) is 0.118. The van der Waals surface area contributed by atoms with Crippen LogP contribution in [0, 0.1) is 0 Å². The van der Waals surface area contributed by atoms with Crippen LogP contribution in [0.15, 0.2) is 54.9 Å². The number of nitrogen functional groups attached to an aromatic ring is 1. The first-order valence-corrected chi connectivity index (χ1v) is 7.31. The summed E-state index contributed by atoms with van der Waals surface area (Å²) in [5.74, 6) is 1.26. The van der Waals surface area contributed by atoms with Gasteiger partial charge < -0.3 is 15.4 Å². The van der Waals surface area contributed by atoms with Crippen molar-refractivity contribution in [3.8, 4) is 11.6 Å². The van der Waals surface area contributed by atoms with Crippen LogP contribution in [0.4, 0.5) is 11.5 Å². The zero-order chi connectivity index (χ0) is 17.1. The lowest BCUT2D eigenvalue weighted by molar-refractivity contribution is 0.0994. The molecule has 0 saturated carbocycles. The average Bonchev–Trinajstić information content (AvgIpc) is 2.94. The second-order valence-corrected chi connectivity index (χ2v) is 5.20. The van der Waals surface area contributed by atoms with E-state index < -0.39 is 0 Å². The Hall–Kier alpha value is -3.35. The van der Waals surface area contributed by atoms with Crippen molar-refractivity contribution in [2.45, 2.75) is 0 Å². The Kier molecular flexibility index (Phi) is 4.15. The van der Waals surface area contributed by atoms with E-state index >= 15 is 0 Å². The summed E-state index contributed by atoms with van der Waals surface area (Å²) >= 11 is 0. The molecular weight excluding hydrogens is 306 g/mol. The molecule has 2 aromatic heterocycles. The molecule has 7 heteroatoms. The first-order chi connectivity index (χ1) is 11.6. The van der Waals surface area contributed by atoms with Crippen LogP contribution in [0.1, 0.15) is 10.4 Å². The van der Waals surface area contributed by atoms with Crippen molar-refractivity contribution in [2.24, 2.45) is 7.05 Å². The topological polar surface area (TPSA) is 86.3 Å². The molecule has 0 saturated heterocycles. The molecule has 0 aliphatic heterocycles. The number of pyridine rings is 1. The van der Waals surface area contributed by atoms with Gasteiger partial charge in [-0.05, 0) is 30.3 Å². The van der Waals surface area contributed by atoms with Gasteiger partial charge in [-0.3, -0.25) is 9.48 Å². The molecule has 7 nitrogen and oxygen atoms in total. The van der Waals surface area contributed by atoms with Gasteiger partial charge in [-0.25, -0.2) is 4.98 Å². The maximum atomic E-state index is 12.5. The SMILES string of the molecule is CN(C(=O)c1cnn(C)c1N)c1ccc(Oc2ccccn2)cc1. The van der Waals surface area contributed by atoms with Crippen LogP contribution >= 0.6 is 0 Å². The van der Waals surface area contributed by atoms with Gasteiger partial charge in [0.25, 0.3) is 5.91 Å². The minimum Gasteiger partial charge on any atom is -0.439 e. The number of amides is 1. The molecule has 0 spiro atoms. The number of nitrogens with two attached hydrogens (primary N) is 1. The Labute approximate surface area is 139 Å². The van der Waals surface area contributed by atoms with Crippen LogP contribution in [-0.4, -0.2) is 27.7 Å². The zero-order valence-electron chi connectivity index (χ0n) is 13.4. The minimum absolute atomic E-state index is 0.223. The quantitative estimate of drug-likeness (QED) is 0.797. The third-order valence-electron chi connectivity index (χ3n) is 3.60. The number of rotatable bonds is 4. The van der Waals surface area contributed by atoms with Gasteiger partial charge in [0.1, 0.15) is 17.1 Å². The summed E-state index contributed by atoms with van der Waals surface area (Å²) < 4.78 is 7.10. The van der Waals surface area contributed by atoms with E-state index in [1.54, 1.807) is 50.6 Å². The van der Waals surface area contributed by atoms with Crippen molar-refractivity contribution in [1.29, 1.82) is 0 Å². The third kappa shape index (κ3) is 3.05. The highest BCUT2D eigenvalue weighted by atomic mass is 16.5. The highest BCUT2D eigenvalue weighted by molar-refractivity contribution is 6.08. The number of aryl methyl sites for hydroxylation is 1. The van der Waals surface area contributed by atoms with Crippen molar-refractivity contribution in [2.75, 3.05) is 17.7 Å². The Bertz CT molecular complexity index is 843. The summed E-state index contributed by atoms with van der Waals surface area (Å²) in [6.45, 7) is 0. The Morgan fingerprint density at radius 1 is 1.21 bits per heavy atom. The van der Waals surface area contributed by atoms with Gasteiger partial charge in [0.15, 0.2) is 0 Å². The Morgan fingerprint density at radius 2 is 1.96 bits per heavy atom. The smallest absolute Gasteiger partial charge is 0.263 e. The number of hydrogen-bond donors (Lipinski definition) is 1. The van der Waals surface area contributed by atoms with Gasteiger partial charge in [0.05, 0.1) is 6.20 Å². The predicted molar refractivity (Wildman–Crippen MR) is 91.1 cm³/mol. The lowest BCUT2D eigenvalue weighted by atomic mass is 10.2.